The molecule has 0 saturated heterocycles. The Kier molecular flexibility index (Phi) is 4.57. The van der Waals surface area contributed by atoms with Gasteiger partial charge in [0.2, 0.25) is 12.7 Å². The van der Waals surface area contributed by atoms with Crippen LogP contribution in [0.15, 0.2) is 40.8 Å². The van der Waals surface area contributed by atoms with Crippen LogP contribution in [0.5, 0.6) is 11.5 Å². The third-order valence-corrected chi connectivity index (χ3v) is 3.74. The molecule has 6 nitrogen and oxygen atoms in total. The van der Waals surface area contributed by atoms with E-state index < -0.39 is 12.1 Å². The van der Waals surface area contributed by atoms with E-state index in [1.807, 2.05) is 13.0 Å². The monoisotopic (exact) mass is 329 g/mol. The number of rotatable bonds is 5. The fourth-order valence-corrected chi connectivity index (χ4v) is 2.44. The van der Waals surface area contributed by atoms with E-state index >= 15 is 0 Å². The van der Waals surface area contributed by atoms with E-state index in [0.29, 0.717) is 22.8 Å². The van der Waals surface area contributed by atoms with Crippen LogP contribution in [0.2, 0.25) is 0 Å². The Balaban J connectivity index is 1.60. The minimum absolute atomic E-state index is 0.179. The van der Waals surface area contributed by atoms with Crippen molar-refractivity contribution in [3.8, 4) is 11.5 Å². The van der Waals surface area contributed by atoms with Gasteiger partial charge in [-0.05, 0) is 49.8 Å². The number of aliphatic hydroxyl groups is 1. The zero-order valence-corrected chi connectivity index (χ0v) is 13.5. The first kappa shape index (κ1) is 16.1. The third kappa shape index (κ3) is 3.60. The minimum Gasteiger partial charge on any atom is -0.462 e. The van der Waals surface area contributed by atoms with E-state index in [1.165, 1.54) is 6.08 Å². The lowest BCUT2D eigenvalue weighted by molar-refractivity contribution is -0.117. The lowest BCUT2D eigenvalue weighted by atomic mass is 10.0. The van der Waals surface area contributed by atoms with Crippen molar-refractivity contribution in [2.24, 2.45) is 0 Å². The van der Waals surface area contributed by atoms with Crippen LogP contribution in [0.1, 0.15) is 30.1 Å². The molecule has 0 unspecified atom stereocenters. The molecule has 6 heteroatoms. The zero-order valence-electron chi connectivity index (χ0n) is 13.5. The lowest BCUT2D eigenvalue weighted by Crippen LogP contribution is -2.36. The molecule has 0 bridgehead atoms. The lowest BCUT2D eigenvalue weighted by Gasteiger charge is -2.20. The van der Waals surface area contributed by atoms with E-state index in [9.17, 15) is 9.90 Å². The highest BCUT2D eigenvalue weighted by atomic mass is 16.7. The standard InChI is InChI=1S/C18H19NO5/c1-11-3-5-14(24-11)6-8-17(20)19-12(2)18(21)13-4-7-15-16(9-13)23-10-22-15/h3-9,12,18,21H,10H2,1-2H3,(H,19,20)/t12-,18-/m0/s1. The number of ether oxygens (including phenoxy) is 2. The summed E-state index contributed by atoms with van der Waals surface area (Å²) >= 11 is 0. The molecule has 0 saturated carbocycles. The molecule has 1 aliphatic heterocycles. The molecule has 0 aliphatic carbocycles. The Morgan fingerprint density at radius 1 is 1.25 bits per heavy atom. The topological polar surface area (TPSA) is 80.9 Å². The minimum atomic E-state index is -0.859. The predicted molar refractivity (Wildman–Crippen MR) is 87.6 cm³/mol. The quantitative estimate of drug-likeness (QED) is 0.824. The summed E-state index contributed by atoms with van der Waals surface area (Å²) in [6, 6.07) is 8.35. The summed E-state index contributed by atoms with van der Waals surface area (Å²) in [5.41, 5.74) is 0.651. The van der Waals surface area contributed by atoms with Crippen molar-refractivity contribution in [2.75, 3.05) is 6.79 Å². The summed E-state index contributed by atoms with van der Waals surface area (Å²) in [6.45, 7) is 3.75. The van der Waals surface area contributed by atoms with Gasteiger partial charge in [-0.2, -0.15) is 0 Å². The fraction of sp³-hybridized carbons (Fsp3) is 0.278. The van der Waals surface area contributed by atoms with Crippen molar-refractivity contribution in [2.45, 2.75) is 26.0 Å². The average molecular weight is 329 g/mol. The van der Waals surface area contributed by atoms with Gasteiger partial charge in [-0.3, -0.25) is 4.79 Å². The maximum Gasteiger partial charge on any atom is 0.244 e. The molecule has 2 N–H and O–H groups in total. The van der Waals surface area contributed by atoms with Crippen LogP contribution in [0.3, 0.4) is 0 Å². The number of fused-ring (bicyclic) bond motifs is 1. The number of aryl methyl sites for hydroxylation is 1. The summed E-state index contributed by atoms with van der Waals surface area (Å²) < 4.78 is 15.9. The summed E-state index contributed by atoms with van der Waals surface area (Å²) in [5.74, 6) is 2.32. The number of amides is 1. The average Bonchev–Trinajstić information content (AvgIpc) is 3.19. The van der Waals surface area contributed by atoms with Crippen molar-refractivity contribution in [3.05, 3.63) is 53.5 Å². The first-order valence-electron chi connectivity index (χ1n) is 7.65. The molecule has 0 spiro atoms. The molecular weight excluding hydrogens is 310 g/mol. The van der Waals surface area contributed by atoms with Crippen molar-refractivity contribution < 1.29 is 23.8 Å². The molecule has 3 rings (SSSR count). The maximum atomic E-state index is 12.0. The molecular formula is C18H19NO5. The van der Waals surface area contributed by atoms with E-state index in [0.717, 1.165) is 5.76 Å². The second kappa shape index (κ2) is 6.80. The van der Waals surface area contributed by atoms with E-state index in [2.05, 4.69) is 5.32 Å². The van der Waals surface area contributed by atoms with Crippen LogP contribution in [0.4, 0.5) is 0 Å². The van der Waals surface area contributed by atoms with Crippen LogP contribution in [-0.4, -0.2) is 23.8 Å². The molecule has 2 heterocycles. The number of aliphatic hydroxyl groups excluding tert-OH is 1. The SMILES string of the molecule is Cc1ccc(C=CC(=O)N[C@@H](C)[C@H](O)c2ccc3c(c2)OCO3)o1. The van der Waals surface area contributed by atoms with Gasteiger partial charge >= 0.3 is 0 Å². The number of hydrogen-bond acceptors (Lipinski definition) is 5. The molecule has 0 radical (unpaired) electrons. The third-order valence-electron chi connectivity index (χ3n) is 3.74. The Labute approximate surface area is 139 Å². The van der Waals surface area contributed by atoms with Gasteiger partial charge in [-0.1, -0.05) is 6.07 Å². The highest BCUT2D eigenvalue weighted by molar-refractivity contribution is 5.91. The van der Waals surface area contributed by atoms with Crippen molar-refractivity contribution in [3.63, 3.8) is 0 Å². The molecule has 1 aromatic heterocycles. The van der Waals surface area contributed by atoms with Gasteiger partial charge < -0.3 is 24.3 Å². The van der Waals surface area contributed by atoms with Gasteiger partial charge in [-0.25, -0.2) is 0 Å². The summed E-state index contributed by atoms with van der Waals surface area (Å²) in [7, 11) is 0. The molecule has 0 fully saturated rings. The number of furan rings is 1. The Morgan fingerprint density at radius 3 is 2.79 bits per heavy atom. The second-order valence-electron chi connectivity index (χ2n) is 5.64. The van der Waals surface area contributed by atoms with Crippen LogP contribution >= 0.6 is 0 Å². The van der Waals surface area contributed by atoms with Crippen LogP contribution in [0.25, 0.3) is 6.08 Å². The largest absolute Gasteiger partial charge is 0.462 e. The normalized spacial score (nSPS) is 15.5. The molecule has 2 aromatic rings. The first-order chi connectivity index (χ1) is 11.5. The van der Waals surface area contributed by atoms with E-state index in [4.69, 9.17) is 13.9 Å². The number of carbonyl (C=O) groups excluding carboxylic acids is 1. The van der Waals surface area contributed by atoms with Crippen LogP contribution in [-0.2, 0) is 4.79 Å². The molecule has 1 aromatic carbocycles. The number of benzene rings is 1. The van der Waals surface area contributed by atoms with Crippen LogP contribution < -0.4 is 14.8 Å². The summed E-state index contributed by atoms with van der Waals surface area (Å²) in [6.07, 6.45) is 2.10. The van der Waals surface area contributed by atoms with Gasteiger partial charge in [0.25, 0.3) is 0 Å². The predicted octanol–water partition coefficient (Wildman–Crippen LogP) is 2.57. The summed E-state index contributed by atoms with van der Waals surface area (Å²) in [4.78, 5) is 12.0. The fourth-order valence-electron chi connectivity index (χ4n) is 2.44. The van der Waals surface area contributed by atoms with Gasteiger partial charge in [0.1, 0.15) is 11.5 Å². The van der Waals surface area contributed by atoms with E-state index in [-0.39, 0.29) is 12.7 Å². The van der Waals surface area contributed by atoms with E-state index in [1.54, 1.807) is 37.3 Å². The van der Waals surface area contributed by atoms with Gasteiger partial charge in [-0.15, -0.1) is 0 Å². The van der Waals surface area contributed by atoms with Gasteiger partial charge in [0.05, 0.1) is 12.1 Å². The molecule has 2 atom stereocenters. The smallest absolute Gasteiger partial charge is 0.244 e. The summed E-state index contributed by atoms with van der Waals surface area (Å²) in [5, 5.41) is 13.1. The van der Waals surface area contributed by atoms with Crippen molar-refractivity contribution >= 4 is 12.0 Å². The van der Waals surface area contributed by atoms with Gasteiger partial charge in [0, 0.05) is 6.08 Å². The highest BCUT2D eigenvalue weighted by Gasteiger charge is 2.21. The Morgan fingerprint density at radius 2 is 2.04 bits per heavy atom. The maximum absolute atomic E-state index is 12.0. The van der Waals surface area contributed by atoms with Crippen LogP contribution in [0, 0.1) is 6.92 Å². The Bertz CT molecular complexity index is 765. The molecule has 1 amide bonds. The number of carbonyl (C=O) groups is 1. The van der Waals surface area contributed by atoms with Gasteiger partial charge in [0.15, 0.2) is 11.5 Å². The first-order valence-corrected chi connectivity index (χ1v) is 7.65. The second-order valence-corrected chi connectivity index (χ2v) is 5.64. The highest BCUT2D eigenvalue weighted by Crippen LogP contribution is 2.34. The van der Waals surface area contributed by atoms with Crippen molar-refractivity contribution in [1.29, 1.82) is 0 Å². The molecule has 24 heavy (non-hydrogen) atoms. The molecule has 126 valence electrons. The number of nitrogens with one attached hydrogen (secondary N) is 1. The Hall–Kier alpha value is -2.73. The number of hydrogen-bond donors (Lipinski definition) is 2. The zero-order chi connectivity index (χ0) is 17.1. The molecule has 1 aliphatic rings. The van der Waals surface area contributed by atoms with Crippen molar-refractivity contribution in [1.82, 2.24) is 5.32 Å².